The standard InChI is InChI=1S/C18H28N6O2/c1-4-17(26)24-11-9-14(12-24)22-18(19-3)20-10-8-16(25)23-15-7-5-6-13(2)21-15/h5-7,14H,4,8-12H2,1-3H3,(H2,19,20,22)(H,21,23,25). The van der Waals surface area contributed by atoms with E-state index in [1.807, 2.05) is 30.9 Å². The zero-order chi connectivity index (χ0) is 18.9. The van der Waals surface area contributed by atoms with E-state index in [0.717, 1.165) is 18.7 Å². The molecule has 0 spiro atoms. The number of carbonyl (C=O) groups excluding carboxylic acids is 2. The number of pyridine rings is 1. The van der Waals surface area contributed by atoms with E-state index in [2.05, 4.69) is 25.9 Å². The number of amides is 2. The van der Waals surface area contributed by atoms with Gasteiger partial charge in [0.1, 0.15) is 5.82 Å². The van der Waals surface area contributed by atoms with Gasteiger partial charge in [0.2, 0.25) is 11.8 Å². The SMILES string of the molecule is CCC(=O)N1CCC(NC(=NC)NCCC(=O)Nc2cccc(C)n2)C1. The number of rotatable bonds is 6. The summed E-state index contributed by atoms with van der Waals surface area (Å²) in [5.41, 5.74) is 0.859. The number of guanidine groups is 1. The Morgan fingerprint density at radius 2 is 2.19 bits per heavy atom. The largest absolute Gasteiger partial charge is 0.356 e. The number of nitrogens with one attached hydrogen (secondary N) is 3. The predicted octanol–water partition coefficient (Wildman–Crippen LogP) is 0.895. The fraction of sp³-hybridized carbons (Fsp3) is 0.556. The molecular formula is C18H28N6O2. The highest BCUT2D eigenvalue weighted by Gasteiger charge is 2.25. The molecule has 1 aliphatic heterocycles. The van der Waals surface area contributed by atoms with E-state index in [9.17, 15) is 9.59 Å². The van der Waals surface area contributed by atoms with Gasteiger partial charge in [-0.1, -0.05) is 13.0 Å². The molecule has 0 radical (unpaired) electrons. The molecule has 142 valence electrons. The van der Waals surface area contributed by atoms with Crippen molar-refractivity contribution in [2.45, 2.75) is 39.2 Å². The van der Waals surface area contributed by atoms with Gasteiger partial charge < -0.3 is 20.9 Å². The summed E-state index contributed by atoms with van der Waals surface area (Å²) in [6.07, 6.45) is 1.73. The van der Waals surface area contributed by atoms with Crippen LogP contribution in [0.15, 0.2) is 23.2 Å². The molecule has 1 fully saturated rings. The summed E-state index contributed by atoms with van der Waals surface area (Å²) in [6.45, 7) is 5.67. The van der Waals surface area contributed by atoms with Crippen molar-refractivity contribution in [1.82, 2.24) is 20.5 Å². The third-order valence-corrected chi connectivity index (χ3v) is 4.21. The lowest BCUT2D eigenvalue weighted by Crippen LogP contribution is -2.45. The topological polar surface area (TPSA) is 98.7 Å². The van der Waals surface area contributed by atoms with Crippen molar-refractivity contribution in [3.05, 3.63) is 23.9 Å². The Bertz CT molecular complexity index is 661. The molecule has 0 aliphatic carbocycles. The van der Waals surface area contributed by atoms with E-state index in [0.29, 0.717) is 37.7 Å². The van der Waals surface area contributed by atoms with Gasteiger partial charge in [0.25, 0.3) is 0 Å². The number of likely N-dealkylation sites (tertiary alicyclic amines) is 1. The molecule has 2 heterocycles. The van der Waals surface area contributed by atoms with Crippen LogP contribution in [0.3, 0.4) is 0 Å². The molecule has 1 aliphatic rings. The molecule has 0 aromatic carbocycles. The first-order chi connectivity index (χ1) is 12.5. The molecule has 3 N–H and O–H groups in total. The number of aryl methyl sites for hydroxylation is 1. The van der Waals surface area contributed by atoms with Crippen LogP contribution in [0.25, 0.3) is 0 Å². The third kappa shape index (κ3) is 6.02. The highest BCUT2D eigenvalue weighted by atomic mass is 16.2. The Hall–Kier alpha value is -2.64. The Morgan fingerprint density at radius 1 is 1.38 bits per heavy atom. The first kappa shape index (κ1) is 19.7. The van der Waals surface area contributed by atoms with Gasteiger partial charge in [0.05, 0.1) is 0 Å². The quantitative estimate of drug-likeness (QED) is 0.517. The number of aliphatic imine (C=N–C) groups is 1. The minimum Gasteiger partial charge on any atom is -0.356 e. The normalized spacial score (nSPS) is 17.1. The molecule has 26 heavy (non-hydrogen) atoms. The zero-order valence-corrected chi connectivity index (χ0v) is 15.7. The van der Waals surface area contributed by atoms with Crippen LogP contribution in [0.2, 0.25) is 0 Å². The third-order valence-electron chi connectivity index (χ3n) is 4.21. The summed E-state index contributed by atoms with van der Waals surface area (Å²) >= 11 is 0. The van der Waals surface area contributed by atoms with E-state index >= 15 is 0 Å². The Kier molecular flexibility index (Phi) is 7.37. The van der Waals surface area contributed by atoms with E-state index in [-0.39, 0.29) is 17.9 Å². The number of hydrogen-bond donors (Lipinski definition) is 3. The van der Waals surface area contributed by atoms with Gasteiger partial charge in [-0.15, -0.1) is 0 Å². The maximum atomic E-state index is 12.0. The first-order valence-corrected chi connectivity index (χ1v) is 9.00. The molecule has 1 unspecified atom stereocenters. The van der Waals surface area contributed by atoms with Gasteiger partial charge >= 0.3 is 0 Å². The lowest BCUT2D eigenvalue weighted by molar-refractivity contribution is -0.129. The fourth-order valence-electron chi connectivity index (χ4n) is 2.83. The Morgan fingerprint density at radius 3 is 2.88 bits per heavy atom. The van der Waals surface area contributed by atoms with E-state index in [4.69, 9.17) is 0 Å². The molecule has 1 aromatic heterocycles. The Balaban J connectivity index is 1.70. The van der Waals surface area contributed by atoms with Crippen LogP contribution in [0.5, 0.6) is 0 Å². The smallest absolute Gasteiger partial charge is 0.227 e. The van der Waals surface area contributed by atoms with Gasteiger partial charge in [-0.25, -0.2) is 4.98 Å². The van der Waals surface area contributed by atoms with Crippen molar-refractivity contribution in [1.29, 1.82) is 0 Å². The minimum absolute atomic E-state index is 0.105. The highest BCUT2D eigenvalue weighted by molar-refractivity contribution is 5.90. The van der Waals surface area contributed by atoms with E-state index in [1.54, 1.807) is 13.1 Å². The molecule has 0 bridgehead atoms. The lowest BCUT2D eigenvalue weighted by Gasteiger charge is -2.18. The number of aromatic nitrogens is 1. The van der Waals surface area contributed by atoms with Gasteiger partial charge in [-0.2, -0.15) is 0 Å². The fourth-order valence-corrected chi connectivity index (χ4v) is 2.83. The second-order valence-electron chi connectivity index (χ2n) is 6.28. The predicted molar refractivity (Wildman–Crippen MR) is 102 cm³/mol. The number of hydrogen-bond acceptors (Lipinski definition) is 4. The number of nitrogens with zero attached hydrogens (tertiary/aromatic N) is 3. The molecule has 0 saturated carbocycles. The van der Waals surface area contributed by atoms with E-state index in [1.165, 1.54) is 0 Å². The van der Waals surface area contributed by atoms with Crippen molar-refractivity contribution < 1.29 is 9.59 Å². The summed E-state index contributed by atoms with van der Waals surface area (Å²) in [4.78, 5) is 34.0. The van der Waals surface area contributed by atoms with Gasteiger partial charge in [-0.3, -0.25) is 14.6 Å². The van der Waals surface area contributed by atoms with Gasteiger partial charge in [0, 0.05) is 51.3 Å². The molecule has 2 rings (SSSR count). The second-order valence-corrected chi connectivity index (χ2v) is 6.28. The molecule has 1 aromatic rings. The van der Waals surface area contributed by atoms with Gasteiger partial charge in [-0.05, 0) is 25.5 Å². The molecular weight excluding hydrogens is 332 g/mol. The van der Waals surface area contributed by atoms with Crippen LogP contribution in [0.4, 0.5) is 5.82 Å². The summed E-state index contributed by atoms with van der Waals surface area (Å²) < 4.78 is 0. The van der Waals surface area contributed by atoms with Crippen molar-refractivity contribution in [3.63, 3.8) is 0 Å². The van der Waals surface area contributed by atoms with Crippen LogP contribution in [0.1, 0.15) is 31.9 Å². The van der Waals surface area contributed by atoms with Gasteiger partial charge in [0.15, 0.2) is 5.96 Å². The number of carbonyl (C=O) groups is 2. The zero-order valence-electron chi connectivity index (χ0n) is 15.7. The maximum absolute atomic E-state index is 12.0. The molecule has 1 saturated heterocycles. The minimum atomic E-state index is -0.105. The molecule has 8 heteroatoms. The highest BCUT2D eigenvalue weighted by Crippen LogP contribution is 2.10. The number of anilines is 1. The van der Waals surface area contributed by atoms with Crippen molar-refractivity contribution in [2.75, 3.05) is 32.0 Å². The second kappa shape index (κ2) is 9.74. The average Bonchev–Trinajstić information content (AvgIpc) is 3.08. The monoisotopic (exact) mass is 360 g/mol. The lowest BCUT2D eigenvalue weighted by atomic mass is 10.3. The first-order valence-electron chi connectivity index (χ1n) is 9.00. The summed E-state index contributed by atoms with van der Waals surface area (Å²) in [5, 5.41) is 9.22. The van der Waals surface area contributed by atoms with Crippen LogP contribution in [0, 0.1) is 6.92 Å². The molecule has 1 atom stereocenters. The average molecular weight is 360 g/mol. The van der Waals surface area contributed by atoms with Crippen LogP contribution >= 0.6 is 0 Å². The van der Waals surface area contributed by atoms with E-state index < -0.39 is 0 Å². The van der Waals surface area contributed by atoms with Crippen LogP contribution in [-0.2, 0) is 9.59 Å². The summed E-state index contributed by atoms with van der Waals surface area (Å²) in [6, 6.07) is 5.69. The van der Waals surface area contributed by atoms with Crippen LogP contribution < -0.4 is 16.0 Å². The van der Waals surface area contributed by atoms with Crippen molar-refractivity contribution in [3.8, 4) is 0 Å². The van der Waals surface area contributed by atoms with Crippen molar-refractivity contribution in [2.24, 2.45) is 4.99 Å². The Labute approximate surface area is 154 Å². The van der Waals surface area contributed by atoms with Crippen LogP contribution in [-0.4, -0.2) is 60.4 Å². The molecule has 2 amide bonds. The molecule has 8 nitrogen and oxygen atoms in total. The summed E-state index contributed by atoms with van der Waals surface area (Å²) in [5.74, 6) is 1.27. The maximum Gasteiger partial charge on any atom is 0.227 e. The summed E-state index contributed by atoms with van der Waals surface area (Å²) in [7, 11) is 1.69. The van der Waals surface area contributed by atoms with Crippen molar-refractivity contribution >= 4 is 23.6 Å².